The van der Waals surface area contributed by atoms with Gasteiger partial charge in [-0.1, -0.05) is 54.1 Å². The van der Waals surface area contributed by atoms with Crippen molar-refractivity contribution in [1.29, 1.82) is 0 Å². The molecule has 0 radical (unpaired) electrons. The van der Waals surface area contributed by atoms with E-state index in [0.717, 1.165) is 23.1 Å². The molecule has 0 saturated heterocycles. The van der Waals surface area contributed by atoms with Gasteiger partial charge in [0.15, 0.2) is 6.10 Å². The lowest BCUT2D eigenvalue weighted by Gasteiger charge is -2.38. The molecule has 4 aromatic carbocycles. The number of methoxy groups -OCH3 is 1. The van der Waals surface area contributed by atoms with Crippen LogP contribution < -0.4 is 14.8 Å². The van der Waals surface area contributed by atoms with Gasteiger partial charge in [-0.25, -0.2) is 0 Å². The molecule has 39 heavy (non-hydrogen) atoms. The summed E-state index contributed by atoms with van der Waals surface area (Å²) in [5.41, 5.74) is 5.68. The smallest absolute Gasteiger partial charge is 0.265 e. The number of ether oxygens (including phenoxy) is 2. The molecule has 0 saturated carbocycles. The molecular weight excluding hydrogens is 488 g/mol. The first-order valence-electron chi connectivity index (χ1n) is 13.1. The summed E-state index contributed by atoms with van der Waals surface area (Å²) in [5.74, 6) is 1.03. The van der Waals surface area contributed by atoms with Gasteiger partial charge < -0.3 is 19.7 Å². The van der Waals surface area contributed by atoms with Crippen molar-refractivity contribution in [3.8, 4) is 11.5 Å². The monoisotopic (exact) mass is 520 g/mol. The van der Waals surface area contributed by atoms with Crippen LogP contribution in [0.25, 0.3) is 0 Å². The third-order valence-electron chi connectivity index (χ3n) is 7.02. The zero-order valence-electron chi connectivity index (χ0n) is 22.4. The molecular formula is C33H32N2O4. The van der Waals surface area contributed by atoms with Gasteiger partial charge in [0.1, 0.15) is 11.5 Å². The van der Waals surface area contributed by atoms with E-state index in [9.17, 15) is 9.59 Å². The van der Waals surface area contributed by atoms with Crippen molar-refractivity contribution < 1.29 is 19.1 Å². The number of carbonyl (C=O) groups is 2. The molecule has 1 heterocycles. The zero-order valence-corrected chi connectivity index (χ0v) is 22.4. The maximum atomic E-state index is 13.7. The number of carbonyl (C=O) groups excluding carboxylic acids is 2. The van der Waals surface area contributed by atoms with Gasteiger partial charge in [0.2, 0.25) is 0 Å². The minimum atomic E-state index is -0.729. The van der Waals surface area contributed by atoms with Crippen molar-refractivity contribution in [2.45, 2.75) is 32.4 Å². The molecule has 2 atom stereocenters. The van der Waals surface area contributed by atoms with Crippen LogP contribution >= 0.6 is 0 Å². The average molecular weight is 521 g/mol. The van der Waals surface area contributed by atoms with Gasteiger partial charge in [-0.2, -0.15) is 0 Å². The van der Waals surface area contributed by atoms with E-state index in [-0.39, 0.29) is 17.9 Å². The van der Waals surface area contributed by atoms with Crippen LogP contribution in [-0.4, -0.2) is 36.5 Å². The molecule has 4 aromatic rings. The lowest BCUT2D eigenvalue weighted by Crippen LogP contribution is -2.40. The zero-order chi connectivity index (χ0) is 27.4. The molecule has 0 bridgehead atoms. The summed E-state index contributed by atoms with van der Waals surface area (Å²) in [7, 11) is 1.60. The highest BCUT2D eigenvalue weighted by molar-refractivity contribution is 5.95. The number of nitrogens with zero attached hydrogens (tertiary/aromatic N) is 1. The van der Waals surface area contributed by atoms with Crippen LogP contribution in [0.3, 0.4) is 0 Å². The van der Waals surface area contributed by atoms with Crippen molar-refractivity contribution in [2.75, 3.05) is 19.0 Å². The highest BCUT2D eigenvalue weighted by Crippen LogP contribution is 2.38. The van der Waals surface area contributed by atoms with Gasteiger partial charge in [0.25, 0.3) is 11.8 Å². The maximum absolute atomic E-state index is 13.7. The minimum Gasteiger partial charge on any atom is -0.497 e. The van der Waals surface area contributed by atoms with Crippen molar-refractivity contribution in [2.24, 2.45) is 0 Å². The second-order valence-electron chi connectivity index (χ2n) is 9.77. The van der Waals surface area contributed by atoms with Crippen LogP contribution in [0.5, 0.6) is 11.5 Å². The molecule has 1 N–H and O–H groups in total. The van der Waals surface area contributed by atoms with Crippen LogP contribution in [0.1, 0.15) is 45.6 Å². The molecule has 0 spiro atoms. The molecule has 0 aromatic heterocycles. The van der Waals surface area contributed by atoms with E-state index in [1.54, 1.807) is 38.3 Å². The Balaban J connectivity index is 1.42. The molecule has 6 nitrogen and oxygen atoms in total. The maximum Gasteiger partial charge on any atom is 0.265 e. The van der Waals surface area contributed by atoms with Crippen LogP contribution in [-0.2, 0) is 11.2 Å². The molecule has 0 fully saturated rings. The Bertz CT molecular complexity index is 1470. The molecule has 6 heteroatoms. The Labute approximate surface area is 229 Å². The highest BCUT2D eigenvalue weighted by atomic mass is 16.5. The quantitative estimate of drug-likeness (QED) is 0.315. The van der Waals surface area contributed by atoms with Crippen LogP contribution in [0.2, 0.25) is 0 Å². The normalized spacial score (nSPS) is 15.2. The summed E-state index contributed by atoms with van der Waals surface area (Å²) in [6, 6.07) is 30.5. The largest absolute Gasteiger partial charge is 0.497 e. The summed E-state index contributed by atoms with van der Waals surface area (Å²) in [6.45, 7) is 4.39. The van der Waals surface area contributed by atoms with E-state index in [4.69, 9.17) is 9.47 Å². The lowest BCUT2D eigenvalue weighted by molar-refractivity contribution is -0.122. The number of benzene rings is 4. The molecule has 198 valence electrons. The Kier molecular flexibility index (Phi) is 7.64. The molecule has 1 aliphatic rings. The van der Waals surface area contributed by atoms with E-state index in [0.29, 0.717) is 29.3 Å². The summed E-state index contributed by atoms with van der Waals surface area (Å²) in [5, 5.41) is 2.88. The minimum absolute atomic E-state index is 0.00804. The van der Waals surface area contributed by atoms with E-state index in [1.807, 2.05) is 59.5 Å². The lowest BCUT2D eigenvalue weighted by atomic mass is 9.87. The first kappa shape index (κ1) is 26.0. The third kappa shape index (κ3) is 5.80. The number of hydrogen-bond donors (Lipinski definition) is 1. The summed E-state index contributed by atoms with van der Waals surface area (Å²) in [6.07, 6.45) is 0.0116. The number of fused-ring (bicyclic) bond motifs is 1. The Morgan fingerprint density at radius 1 is 0.897 bits per heavy atom. The van der Waals surface area contributed by atoms with Gasteiger partial charge in [0.05, 0.1) is 13.2 Å². The second kappa shape index (κ2) is 11.4. The van der Waals surface area contributed by atoms with Gasteiger partial charge in [-0.05, 0) is 85.5 Å². The molecule has 2 unspecified atom stereocenters. The number of aryl methyl sites for hydroxylation is 1. The van der Waals surface area contributed by atoms with Crippen molar-refractivity contribution in [1.82, 2.24) is 4.90 Å². The standard InChI is InChI=1S/C33H32N2O4/c1-22-8-7-11-26(20-22)31-30-21-29(39-23(2)32(36)34-27-13-16-28(38-3)17-14-27)15-12-24(30)18-19-35(31)33(37)25-9-5-4-6-10-25/h4-17,20-21,23,31H,18-19H2,1-3H3,(H,34,36). The number of rotatable bonds is 7. The number of hydrogen-bond acceptors (Lipinski definition) is 4. The van der Waals surface area contributed by atoms with E-state index < -0.39 is 6.10 Å². The van der Waals surface area contributed by atoms with E-state index >= 15 is 0 Å². The summed E-state index contributed by atoms with van der Waals surface area (Å²) in [4.78, 5) is 28.5. The van der Waals surface area contributed by atoms with Crippen molar-refractivity contribution in [3.63, 3.8) is 0 Å². The summed E-state index contributed by atoms with van der Waals surface area (Å²) < 4.78 is 11.3. The number of nitrogens with one attached hydrogen (secondary N) is 1. The van der Waals surface area contributed by atoms with Gasteiger partial charge in [-0.3, -0.25) is 9.59 Å². The number of amides is 2. The molecule has 2 amide bonds. The molecule has 5 rings (SSSR count). The predicted molar refractivity (Wildman–Crippen MR) is 152 cm³/mol. The topological polar surface area (TPSA) is 67.9 Å². The van der Waals surface area contributed by atoms with Gasteiger partial charge >= 0.3 is 0 Å². The van der Waals surface area contributed by atoms with Crippen LogP contribution in [0.4, 0.5) is 5.69 Å². The van der Waals surface area contributed by atoms with Crippen LogP contribution in [0.15, 0.2) is 97.1 Å². The third-order valence-corrected chi connectivity index (χ3v) is 7.02. The Morgan fingerprint density at radius 3 is 2.36 bits per heavy atom. The molecule has 0 aliphatic carbocycles. The van der Waals surface area contributed by atoms with E-state index in [1.165, 1.54) is 5.56 Å². The molecule has 1 aliphatic heterocycles. The first-order valence-corrected chi connectivity index (χ1v) is 13.1. The Hall–Kier alpha value is -4.58. The van der Waals surface area contributed by atoms with Gasteiger partial charge in [0, 0.05) is 17.8 Å². The summed E-state index contributed by atoms with van der Waals surface area (Å²) >= 11 is 0. The first-order chi connectivity index (χ1) is 18.9. The van der Waals surface area contributed by atoms with Crippen molar-refractivity contribution in [3.05, 3.63) is 125 Å². The van der Waals surface area contributed by atoms with Gasteiger partial charge in [-0.15, -0.1) is 0 Å². The fraction of sp³-hybridized carbons (Fsp3) is 0.212. The second-order valence-corrected chi connectivity index (χ2v) is 9.77. The van der Waals surface area contributed by atoms with Crippen LogP contribution in [0, 0.1) is 6.92 Å². The highest BCUT2D eigenvalue weighted by Gasteiger charge is 2.33. The fourth-order valence-electron chi connectivity index (χ4n) is 5.01. The number of anilines is 1. The predicted octanol–water partition coefficient (Wildman–Crippen LogP) is 6.20. The van der Waals surface area contributed by atoms with E-state index in [2.05, 4.69) is 30.4 Å². The fourth-order valence-corrected chi connectivity index (χ4v) is 5.01. The Morgan fingerprint density at radius 2 is 1.64 bits per heavy atom. The SMILES string of the molecule is COc1ccc(NC(=O)C(C)Oc2ccc3c(c2)C(c2cccc(C)c2)N(C(=O)c2ccccc2)CC3)cc1. The average Bonchev–Trinajstić information content (AvgIpc) is 2.97. The van der Waals surface area contributed by atoms with Crippen molar-refractivity contribution >= 4 is 17.5 Å².